The van der Waals surface area contributed by atoms with Crippen molar-refractivity contribution in [3.05, 3.63) is 48.6 Å². The number of rotatable bonds is 13. The van der Waals surface area contributed by atoms with E-state index in [1.54, 1.807) is 0 Å². The zero-order valence-electron chi connectivity index (χ0n) is 14.2. The number of hydrogen-bond donors (Lipinski definition) is 1. The monoisotopic (exact) mass is 318 g/mol. The molecule has 1 saturated heterocycles. The summed E-state index contributed by atoms with van der Waals surface area (Å²) in [5.74, 6) is -0.750. The molecule has 0 spiro atoms. The third-order valence-corrected chi connectivity index (χ3v) is 3.72. The lowest BCUT2D eigenvalue weighted by Crippen LogP contribution is -1.99. The van der Waals surface area contributed by atoms with Gasteiger partial charge in [0.1, 0.15) is 0 Å². The molecule has 1 aliphatic heterocycles. The first kappa shape index (κ1) is 19.4. The Bertz CT molecular complexity index is 432. The Balaban J connectivity index is 1.97. The predicted octanol–water partition coefficient (Wildman–Crippen LogP) is 5.20. The second-order valence-corrected chi connectivity index (χ2v) is 5.83. The number of unbranched alkanes of at least 4 members (excludes halogenated alkanes) is 3. The molecule has 1 heterocycles. The van der Waals surface area contributed by atoms with E-state index in [0.717, 1.165) is 12.8 Å². The summed E-state index contributed by atoms with van der Waals surface area (Å²) in [6.45, 7) is 2.22. The average molecular weight is 318 g/mol. The number of ether oxygens (including phenoxy) is 1. The fraction of sp³-hybridized carbons (Fsp3) is 0.550. The smallest absolute Gasteiger partial charge is 0.303 e. The van der Waals surface area contributed by atoms with Gasteiger partial charge in [0.05, 0.1) is 12.2 Å². The molecule has 1 N–H and O–H groups in total. The van der Waals surface area contributed by atoms with E-state index >= 15 is 0 Å². The van der Waals surface area contributed by atoms with Crippen LogP contribution in [0.15, 0.2) is 48.6 Å². The molecule has 3 heteroatoms. The molecule has 128 valence electrons. The van der Waals surface area contributed by atoms with Gasteiger partial charge in [-0.25, -0.2) is 0 Å². The van der Waals surface area contributed by atoms with E-state index in [4.69, 9.17) is 9.84 Å². The van der Waals surface area contributed by atoms with Gasteiger partial charge in [-0.2, -0.15) is 0 Å². The molecule has 1 rings (SSSR count). The number of aliphatic carboxylic acids is 1. The molecule has 0 amide bonds. The van der Waals surface area contributed by atoms with E-state index in [1.165, 1.54) is 25.7 Å². The summed E-state index contributed by atoms with van der Waals surface area (Å²) in [4.78, 5) is 10.4. The van der Waals surface area contributed by atoms with E-state index in [0.29, 0.717) is 6.42 Å². The van der Waals surface area contributed by atoms with Crippen LogP contribution in [0.5, 0.6) is 0 Å². The standard InChI is InChI=1S/C20H30O3/c1-2-3-4-5-6-7-8-9-10-11-12-13-14-15-18-19(23-18)16-17-20(21)22/h6-7,9-14,18-19H,2-5,8,15-17H2,1H3,(H,21,22)/b7-6-,10-9-,12-11+,14-13+/t18-,19+/m0/s1. The highest BCUT2D eigenvalue weighted by Crippen LogP contribution is 2.29. The Morgan fingerprint density at radius 1 is 1.00 bits per heavy atom. The highest BCUT2D eigenvalue weighted by molar-refractivity contribution is 5.66. The maximum absolute atomic E-state index is 10.4. The molecule has 0 aromatic heterocycles. The Morgan fingerprint density at radius 2 is 1.78 bits per heavy atom. The van der Waals surface area contributed by atoms with Gasteiger partial charge in [0, 0.05) is 6.42 Å². The molecule has 0 radical (unpaired) electrons. The second kappa shape index (κ2) is 12.9. The Kier molecular flexibility index (Phi) is 10.9. The zero-order chi connectivity index (χ0) is 16.8. The summed E-state index contributed by atoms with van der Waals surface area (Å²) < 4.78 is 5.41. The van der Waals surface area contributed by atoms with Crippen LogP contribution < -0.4 is 0 Å². The Morgan fingerprint density at radius 3 is 2.52 bits per heavy atom. The largest absolute Gasteiger partial charge is 0.481 e. The van der Waals surface area contributed by atoms with Crippen LogP contribution in [0, 0.1) is 0 Å². The molecular formula is C20H30O3. The molecule has 2 atom stereocenters. The SMILES string of the molecule is CCCCC/C=C\C\C=C/C=C/C=C/C[C@@H]1O[C@@H]1CCC(=O)O. The normalized spacial score (nSPS) is 21.3. The number of carboxylic acid groups (broad SMARTS) is 1. The molecule has 1 fully saturated rings. The second-order valence-electron chi connectivity index (χ2n) is 5.83. The van der Waals surface area contributed by atoms with Gasteiger partial charge in [-0.1, -0.05) is 68.4 Å². The quantitative estimate of drug-likeness (QED) is 0.220. The summed E-state index contributed by atoms with van der Waals surface area (Å²) >= 11 is 0. The number of carbonyl (C=O) groups is 1. The van der Waals surface area contributed by atoms with Gasteiger partial charge in [-0.3, -0.25) is 4.79 Å². The summed E-state index contributed by atoms with van der Waals surface area (Å²) in [6, 6.07) is 0. The third-order valence-electron chi connectivity index (χ3n) is 3.72. The number of epoxide rings is 1. The average Bonchev–Trinajstić information content (AvgIpc) is 3.28. The van der Waals surface area contributed by atoms with Gasteiger partial charge in [-0.05, 0) is 32.1 Å². The fourth-order valence-corrected chi connectivity index (χ4v) is 2.29. The molecule has 0 aromatic carbocycles. The highest BCUT2D eigenvalue weighted by Gasteiger charge is 2.37. The van der Waals surface area contributed by atoms with Crippen LogP contribution in [0.2, 0.25) is 0 Å². The lowest BCUT2D eigenvalue weighted by Gasteiger charge is -1.90. The van der Waals surface area contributed by atoms with E-state index in [-0.39, 0.29) is 18.6 Å². The Labute approximate surface area is 140 Å². The van der Waals surface area contributed by atoms with Crippen molar-refractivity contribution in [3.8, 4) is 0 Å². The highest BCUT2D eigenvalue weighted by atomic mass is 16.6. The van der Waals surface area contributed by atoms with Crippen LogP contribution >= 0.6 is 0 Å². The van der Waals surface area contributed by atoms with Gasteiger partial charge in [0.15, 0.2) is 0 Å². The lowest BCUT2D eigenvalue weighted by molar-refractivity contribution is -0.137. The topological polar surface area (TPSA) is 49.8 Å². The van der Waals surface area contributed by atoms with Crippen molar-refractivity contribution in [2.75, 3.05) is 0 Å². The molecule has 0 bridgehead atoms. The van der Waals surface area contributed by atoms with Crippen molar-refractivity contribution in [1.82, 2.24) is 0 Å². The van der Waals surface area contributed by atoms with Gasteiger partial charge in [0.2, 0.25) is 0 Å². The maximum Gasteiger partial charge on any atom is 0.303 e. The van der Waals surface area contributed by atoms with E-state index in [1.807, 2.05) is 18.2 Å². The molecule has 3 nitrogen and oxygen atoms in total. The van der Waals surface area contributed by atoms with Crippen molar-refractivity contribution in [2.45, 2.75) is 70.5 Å². The molecule has 0 aromatic rings. The van der Waals surface area contributed by atoms with Crippen LogP contribution in [-0.2, 0) is 9.53 Å². The van der Waals surface area contributed by atoms with E-state index in [9.17, 15) is 4.79 Å². The van der Waals surface area contributed by atoms with Crippen molar-refractivity contribution in [2.24, 2.45) is 0 Å². The molecule has 0 unspecified atom stereocenters. The van der Waals surface area contributed by atoms with Gasteiger partial charge in [-0.15, -0.1) is 0 Å². The summed E-state index contributed by atoms with van der Waals surface area (Å²) in [7, 11) is 0. The first-order valence-electron chi connectivity index (χ1n) is 8.74. The number of allylic oxidation sites excluding steroid dienone is 7. The van der Waals surface area contributed by atoms with Gasteiger partial charge < -0.3 is 9.84 Å². The lowest BCUT2D eigenvalue weighted by atomic mass is 10.1. The fourth-order valence-electron chi connectivity index (χ4n) is 2.29. The van der Waals surface area contributed by atoms with Crippen LogP contribution in [0.25, 0.3) is 0 Å². The van der Waals surface area contributed by atoms with Crippen molar-refractivity contribution in [3.63, 3.8) is 0 Å². The first-order valence-corrected chi connectivity index (χ1v) is 8.74. The first-order chi connectivity index (χ1) is 11.2. The maximum atomic E-state index is 10.4. The predicted molar refractivity (Wildman–Crippen MR) is 95.5 cm³/mol. The van der Waals surface area contributed by atoms with E-state index < -0.39 is 5.97 Å². The summed E-state index contributed by atoms with van der Waals surface area (Å²) in [5, 5.41) is 8.59. The minimum atomic E-state index is -0.750. The number of hydrogen-bond acceptors (Lipinski definition) is 2. The summed E-state index contributed by atoms with van der Waals surface area (Å²) in [5.41, 5.74) is 0. The zero-order valence-corrected chi connectivity index (χ0v) is 14.2. The summed E-state index contributed by atoms with van der Waals surface area (Å²) in [6.07, 6.45) is 24.9. The van der Waals surface area contributed by atoms with E-state index in [2.05, 4.69) is 37.3 Å². The molecule has 1 aliphatic rings. The van der Waals surface area contributed by atoms with Crippen molar-refractivity contribution < 1.29 is 14.6 Å². The van der Waals surface area contributed by atoms with Gasteiger partial charge >= 0.3 is 5.97 Å². The van der Waals surface area contributed by atoms with Crippen LogP contribution in [-0.4, -0.2) is 23.3 Å². The van der Waals surface area contributed by atoms with Crippen LogP contribution in [0.1, 0.15) is 58.3 Å². The van der Waals surface area contributed by atoms with Gasteiger partial charge in [0.25, 0.3) is 0 Å². The van der Waals surface area contributed by atoms with Crippen molar-refractivity contribution >= 4 is 5.97 Å². The third kappa shape index (κ3) is 11.6. The molecule has 0 saturated carbocycles. The van der Waals surface area contributed by atoms with Crippen molar-refractivity contribution in [1.29, 1.82) is 0 Å². The number of carboxylic acids is 1. The molecular weight excluding hydrogens is 288 g/mol. The molecule has 23 heavy (non-hydrogen) atoms. The minimum Gasteiger partial charge on any atom is -0.481 e. The van der Waals surface area contributed by atoms with Crippen LogP contribution in [0.3, 0.4) is 0 Å². The molecule has 0 aliphatic carbocycles. The van der Waals surface area contributed by atoms with Crippen LogP contribution in [0.4, 0.5) is 0 Å². The Hall–Kier alpha value is -1.61. The minimum absolute atomic E-state index is 0.142.